The monoisotopic (exact) mass is 367 g/mol. The van der Waals surface area contributed by atoms with E-state index in [0.717, 1.165) is 15.6 Å². The van der Waals surface area contributed by atoms with E-state index in [4.69, 9.17) is 11.6 Å². The molecule has 0 aliphatic heterocycles. The van der Waals surface area contributed by atoms with Gasteiger partial charge in [-0.15, -0.1) is 11.3 Å². The molecule has 0 saturated heterocycles. The van der Waals surface area contributed by atoms with Gasteiger partial charge in [0.25, 0.3) is 0 Å². The van der Waals surface area contributed by atoms with Gasteiger partial charge in [-0.2, -0.15) is 0 Å². The normalized spacial score (nSPS) is 13.3. The zero-order valence-electron chi connectivity index (χ0n) is 11.9. The van der Waals surface area contributed by atoms with Gasteiger partial charge in [0.1, 0.15) is 0 Å². The van der Waals surface area contributed by atoms with Crippen LogP contribution in [0.4, 0.5) is 0 Å². The van der Waals surface area contributed by atoms with Gasteiger partial charge in [-0.05, 0) is 35.0 Å². The number of fused-ring (bicyclic) bond motifs is 1. The van der Waals surface area contributed by atoms with Crippen LogP contribution in [0.15, 0.2) is 58.8 Å². The molecule has 0 amide bonds. The number of aliphatic hydroxyl groups is 1. The van der Waals surface area contributed by atoms with E-state index in [2.05, 4.69) is 4.72 Å². The number of thiophene rings is 1. The number of halogens is 1. The van der Waals surface area contributed by atoms with E-state index in [9.17, 15) is 13.5 Å². The molecule has 0 aliphatic carbocycles. The molecule has 1 atom stereocenters. The summed E-state index contributed by atoms with van der Waals surface area (Å²) in [7, 11) is -3.71. The maximum Gasteiger partial charge on any atom is 0.240 e. The molecule has 3 rings (SSSR count). The molecule has 7 heteroatoms. The van der Waals surface area contributed by atoms with Crippen molar-refractivity contribution >= 4 is 43.0 Å². The molecule has 3 aromatic rings. The molecular formula is C16H14ClNO3S2. The summed E-state index contributed by atoms with van der Waals surface area (Å²) in [6, 6.07) is 13.7. The third-order valence-electron chi connectivity index (χ3n) is 3.44. The van der Waals surface area contributed by atoms with Crippen LogP contribution in [-0.4, -0.2) is 20.1 Å². The quantitative estimate of drug-likeness (QED) is 0.724. The molecule has 0 spiro atoms. The van der Waals surface area contributed by atoms with Crippen LogP contribution in [0.1, 0.15) is 11.7 Å². The number of aliphatic hydroxyl groups excluding tert-OH is 1. The van der Waals surface area contributed by atoms with E-state index in [1.807, 2.05) is 29.6 Å². The zero-order chi connectivity index (χ0) is 16.4. The van der Waals surface area contributed by atoms with Crippen LogP contribution in [0.3, 0.4) is 0 Å². The Morgan fingerprint density at radius 3 is 2.74 bits per heavy atom. The Morgan fingerprint density at radius 2 is 1.96 bits per heavy atom. The first-order valence-electron chi connectivity index (χ1n) is 6.87. The molecule has 0 fully saturated rings. The fourth-order valence-electron chi connectivity index (χ4n) is 2.27. The van der Waals surface area contributed by atoms with Crippen molar-refractivity contribution in [3.05, 3.63) is 64.5 Å². The van der Waals surface area contributed by atoms with Crippen LogP contribution in [0.2, 0.25) is 5.02 Å². The number of hydrogen-bond donors (Lipinski definition) is 2. The predicted molar refractivity (Wildman–Crippen MR) is 93.4 cm³/mol. The van der Waals surface area contributed by atoms with Crippen LogP contribution >= 0.6 is 22.9 Å². The summed E-state index contributed by atoms with van der Waals surface area (Å²) in [5.74, 6) is 0. The number of benzene rings is 2. The van der Waals surface area contributed by atoms with Gasteiger partial charge in [-0.25, -0.2) is 13.1 Å². The number of hydrogen-bond acceptors (Lipinski definition) is 4. The highest BCUT2D eigenvalue weighted by molar-refractivity contribution is 7.89. The van der Waals surface area contributed by atoms with E-state index in [1.54, 1.807) is 12.1 Å². The van der Waals surface area contributed by atoms with E-state index >= 15 is 0 Å². The van der Waals surface area contributed by atoms with Gasteiger partial charge in [-0.1, -0.05) is 35.9 Å². The fraction of sp³-hybridized carbons (Fsp3) is 0.125. The minimum Gasteiger partial charge on any atom is -0.387 e. The molecule has 2 N–H and O–H groups in total. The summed E-state index contributed by atoms with van der Waals surface area (Å²) >= 11 is 7.34. The average molecular weight is 368 g/mol. The lowest BCUT2D eigenvalue weighted by Crippen LogP contribution is -2.28. The van der Waals surface area contributed by atoms with Crippen molar-refractivity contribution < 1.29 is 13.5 Å². The first kappa shape index (κ1) is 16.4. The third kappa shape index (κ3) is 3.57. The molecule has 0 saturated carbocycles. The van der Waals surface area contributed by atoms with Crippen molar-refractivity contribution in [2.75, 3.05) is 6.54 Å². The minimum atomic E-state index is -3.71. The van der Waals surface area contributed by atoms with Crippen molar-refractivity contribution in [2.24, 2.45) is 0 Å². The van der Waals surface area contributed by atoms with Gasteiger partial charge in [-0.3, -0.25) is 0 Å². The molecular weight excluding hydrogens is 354 g/mol. The topological polar surface area (TPSA) is 66.4 Å². The molecule has 1 aromatic heterocycles. The average Bonchev–Trinajstić information content (AvgIpc) is 2.97. The van der Waals surface area contributed by atoms with Crippen LogP contribution in [0.25, 0.3) is 10.1 Å². The number of nitrogens with one attached hydrogen (secondary N) is 1. The Balaban J connectivity index is 1.77. The molecule has 0 radical (unpaired) electrons. The van der Waals surface area contributed by atoms with Gasteiger partial charge in [0.15, 0.2) is 0 Å². The molecule has 4 nitrogen and oxygen atoms in total. The molecule has 0 bridgehead atoms. The van der Waals surface area contributed by atoms with Crippen molar-refractivity contribution in [1.82, 2.24) is 4.72 Å². The van der Waals surface area contributed by atoms with Gasteiger partial charge in [0.2, 0.25) is 10.0 Å². The summed E-state index contributed by atoms with van der Waals surface area (Å²) in [6.45, 7) is -0.102. The van der Waals surface area contributed by atoms with E-state index in [-0.39, 0.29) is 11.4 Å². The summed E-state index contributed by atoms with van der Waals surface area (Å²) in [6.07, 6.45) is -0.917. The van der Waals surface area contributed by atoms with Crippen molar-refractivity contribution in [3.63, 3.8) is 0 Å². The minimum absolute atomic E-state index is 0.0763. The molecule has 23 heavy (non-hydrogen) atoms. The van der Waals surface area contributed by atoms with Gasteiger partial charge in [0.05, 0.1) is 11.0 Å². The first-order chi connectivity index (χ1) is 11.0. The maximum absolute atomic E-state index is 12.2. The van der Waals surface area contributed by atoms with Crippen molar-refractivity contribution in [3.8, 4) is 0 Å². The van der Waals surface area contributed by atoms with Crippen molar-refractivity contribution in [2.45, 2.75) is 11.0 Å². The second-order valence-electron chi connectivity index (χ2n) is 5.01. The van der Waals surface area contributed by atoms with E-state index < -0.39 is 16.1 Å². The molecule has 120 valence electrons. The fourth-order valence-corrected chi connectivity index (χ4v) is 4.62. The Labute approximate surface area is 143 Å². The Morgan fingerprint density at radius 1 is 1.17 bits per heavy atom. The highest BCUT2D eigenvalue weighted by atomic mass is 35.5. The second kappa shape index (κ2) is 6.59. The van der Waals surface area contributed by atoms with Crippen LogP contribution in [0.5, 0.6) is 0 Å². The van der Waals surface area contributed by atoms with Crippen LogP contribution in [0, 0.1) is 0 Å². The highest BCUT2D eigenvalue weighted by Crippen LogP contribution is 2.30. The maximum atomic E-state index is 12.2. The van der Waals surface area contributed by atoms with Gasteiger partial charge >= 0.3 is 0 Å². The third-order valence-corrected chi connectivity index (χ3v) is 6.08. The SMILES string of the molecule is O=S(=O)(NCC(O)c1csc2ccccc12)c1cccc(Cl)c1. The zero-order valence-corrected chi connectivity index (χ0v) is 14.3. The lowest BCUT2D eigenvalue weighted by atomic mass is 10.1. The van der Waals surface area contributed by atoms with Crippen LogP contribution in [-0.2, 0) is 10.0 Å². The predicted octanol–water partition coefficient (Wildman–Crippen LogP) is 3.57. The summed E-state index contributed by atoms with van der Waals surface area (Å²) < 4.78 is 28.0. The largest absolute Gasteiger partial charge is 0.387 e. The smallest absolute Gasteiger partial charge is 0.240 e. The summed E-state index contributed by atoms with van der Waals surface area (Å²) in [5.41, 5.74) is 0.722. The standard InChI is InChI=1S/C16H14ClNO3S2/c17-11-4-3-5-12(8-11)23(20,21)18-9-15(19)14-10-22-16-7-2-1-6-13(14)16/h1-8,10,15,18-19H,9H2. The van der Waals surface area contributed by atoms with Crippen LogP contribution < -0.4 is 4.72 Å². The van der Waals surface area contributed by atoms with E-state index in [1.165, 1.54) is 23.5 Å². The Bertz CT molecular complexity index is 937. The van der Waals surface area contributed by atoms with Gasteiger partial charge in [0, 0.05) is 21.8 Å². The second-order valence-corrected chi connectivity index (χ2v) is 8.13. The summed E-state index contributed by atoms with van der Waals surface area (Å²) in [4.78, 5) is 0.0763. The van der Waals surface area contributed by atoms with E-state index in [0.29, 0.717) is 5.02 Å². The lowest BCUT2D eigenvalue weighted by molar-refractivity contribution is 0.184. The lowest BCUT2D eigenvalue weighted by Gasteiger charge is -2.12. The highest BCUT2D eigenvalue weighted by Gasteiger charge is 2.18. The number of rotatable bonds is 5. The Hall–Kier alpha value is -1.44. The molecule has 1 heterocycles. The first-order valence-corrected chi connectivity index (χ1v) is 9.61. The van der Waals surface area contributed by atoms with Crippen molar-refractivity contribution in [1.29, 1.82) is 0 Å². The molecule has 2 aromatic carbocycles. The number of sulfonamides is 1. The summed E-state index contributed by atoms with van der Waals surface area (Å²) in [5, 5.41) is 13.5. The molecule has 1 unspecified atom stereocenters. The Kier molecular flexibility index (Phi) is 4.70. The molecule has 0 aliphatic rings. The van der Waals surface area contributed by atoms with Gasteiger partial charge < -0.3 is 5.11 Å².